The van der Waals surface area contributed by atoms with Crippen molar-refractivity contribution >= 4 is 42.5 Å². The molecule has 9 heteroatoms. The third-order valence-electron chi connectivity index (χ3n) is 4.79. The van der Waals surface area contributed by atoms with Crippen molar-refractivity contribution in [2.24, 2.45) is 9.63 Å². The Kier molecular flexibility index (Phi) is 5.63. The first-order chi connectivity index (χ1) is 14.7. The van der Waals surface area contributed by atoms with Crippen LogP contribution in [-0.2, 0) is 16.6 Å². The third kappa shape index (κ3) is 4.38. The Balaban J connectivity index is 1.79. The summed E-state index contributed by atoms with van der Waals surface area (Å²) in [6, 6.07) is 17.5. The van der Waals surface area contributed by atoms with Gasteiger partial charge in [-0.15, -0.1) is 5.11 Å². The minimum atomic E-state index is -4.04. The van der Waals surface area contributed by atoms with E-state index in [1.807, 2.05) is 6.92 Å². The lowest BCUT2D eigenvalue weighted by atomic mass is 10.2. The van der Waals surface area contributed by atoms with Crippen LogP contribution >= 0.6 is 15.9 Å². The first-order valence-corrected chi connectivity index (χ1v) is 11.5. The van der Waals surface area contributed by atoms with Gasteiger partial charge < -0.3 is 9.67 Å². The maximum atomic E-state index is 13.2. The quantitative estimate of drug-likeness (QED) is 0.336. The highest BCUT2D eigenvalue weighted by Crippen LogP contribution is 2.41. The van der Waals surface area contributed by atoms with E-state index in [9.17, 15) is 17.9 Å². The second kappa shape index (κ2) is 8.24. The Hall–Kier alpha value is -3.04. The Labute approximate surface area is 186 Å². The topological polar surface area (TPSA) is 84.0 Å². The summed E-state index contributed by atoms with van der Waals surface area (Å²) in [5.74, 6) is -0.592. The zero-order valence-corrected chi connectivity index (χ0v) is 18.7. The van der Waals surface area contributed by atoms with Crippen LogP contribution in [0.15, 0.2) is 85.7 Å². The number of nitrogens with zero attached hydrogens (tertiary/aromatic N) is 3. The van der Waals surface area contributed by atoms with Gasteiger partial charge in [0.1, 0.15) is 5.82 Å². The predicted octanol–water partition coefficient (Wildman–Crippen LogP) is 6.08. The lowest BCUT2D eigenvalue weighted by molar-refractivity contribution is 0.429. The molecule has 0 spiro atoms. The fourth-order valence-corrected chi connectivity index (χ4v) is 4.30. The highest BCUT2D eigenvalue weighted by atomic mass is 79.9. The second-order valence-corrected chi connectivity index (χ2v) is 9.52. The summed E-state index contributed by atoms with van der Waals surface area (Å²) >= 11 is 3.39. The maximum absolute atomic E-state index is 13.2. The van der Waals surface area contributed by atoms with Gasteiger partial charge in [0.05, 0.1) is 17.0 Å². The van der Waals surface area contributed by atoms with E-state index >= 15 is 0 Å². The maximum Gasteiger partial charge on any atom is 0.299 e. The molecule has 1 N–H and O–H groups in total. The van der Waals surface area contributed by atoms with Crippen LogP contribution in [0.4, 0.5) is 10.1 Å². The van der Waals surface area contributed by atoms with Gasteiger partial charge in [0.2, 0.25) is 5.88 Å². The summed E-state index contributed by atoms with van der Waals surface area (Å²) in [5, 5.41) is 15.3. The second-order valence-electron chi connectivity index (χ2n) is 7.02. The summed E-state index contributed by atoms with van der Waals surface area (Å²) in [4.78, 5) is 0.0116. The first-order valence-electron chi connectivity index (χ1n) is 9.24. The molecule has 0 aliphatic rings. The third-order valence-corrected chi connectivity index (χ3v) is 6.45. The molecule has 0 aliphatic carbocycles. The van der Waals surface area contributed by atoms with Crippen LogP contribution in [0.5, 0.6) is 5.88 Å². The summed E-state index contributed by atoms with van der Waals surface area (Å²) < 4.78 is 44.2. The number of hydrogen-bond donors (Lipinski definition) is 1. The monoisotopic (exact) mass is 501 g/mol. The molecule has 0 fully saturated rings. The fourth-order valence-electron chi connectivity index (χ4n) is 3.18. The molecule has 0 aliphatic heterocycles. The summed E-state index contributed by atoms with van der Waals surface area (Å²) in [6.45, 7) is 2.09. The van der Waals surface area contributed by atoms with Gasteiger partial charge in [-0.25, -0.2) is 4.39 Å². The molecule has 0 saturated heterocycles. The Bertz CT molecular complexity index is 1400. The van der Waals surface area contributed by atoms with Crippen LogP contribution in [0.3, 0.4) is 0 Å². The Morgan fingerprint density at radius 3 is 2.39 bits per heavy atom. The molecule has 0 atom stereocenters. The smallest absolute Gasteiger partial charge is 0.299 e. The molecule has 0 unspecified atom stereocenters. The summed E-state index contributed by atoms with van der Waals surface area (Å²) in [6.07, 6.45) is 0. The van der Waals surface area contributed by atoms with E-state index in [0.29, 0.717) is 10.9 Å². The number of aromatic nitrogens is 1. The van der Waals surface area contributed by atoms with Gasteiger partial charge in [-0.1, -0.05) is 50.3 Å². The number of rotatable bonds is 5. The highest BCUT2D eigenvalue weighted by Gasteiger charge is 2.19. The standard InChI is InChI=1S/C22H17BrFN3O3S/c1-14-2-9-18(10-3-14)31(29,30)26-25-21-19-12-16(23)6-11-20(19)27(22(21)28)13-15-4-7-17(24)8-5-15/h2-12,28H,13H2,1H3. The van der Waals surface area contributed by atoms with Crippen molar-refractivity contribution in [3.8, 4) is 5.88 Å². The Morgan fingerprint density at radius 2 is 1.71 bits per heavy atom. The first kappa shape index (κ1) is 21.2. The molecule has 158 valence electrons. The van der Waals surface area contributed by atoms with Crippen LogP contribution in [0.2, 0.25) is 0 Å². The molecular formula is C22H17BrFN3O3S. The van der Waals surface area contributed by atoms with E-state index in [0.717, 1.165) is 15.6 Å². The van der Waals surface area contributed by atoms with Crippen LogP contribution < -0.4 is 0 Å². The predicted molar refractivity (Wildman–Crippen MR) is 120 cm³/mol. The van der Waals surface area contributed by atoms with E-state index in [2.05, 4.69) is 25.6 Å². The van der Waals surface area contributed by atoms with Gasteiger partial charge in [0, 0.05) is 9.86 Å². The lowest BCUT2D eigenvalue weighted by Gasteiger charge is -2.07. The van der Waals surface area contributed by atoms with Gasteiger partial charge in [-0.2, -0.15) is 8.42 Å². The van der Waals surface area contributed by atoms with Crippen molar-refractivity contribution < 1.29 is 17.9 Å². The van der Waals surface area contributed by atoms with Crippen molar-refractivity contribution in [3.63, 3.8) is 0 Å². The molecular weight excluding hydrogens is 485 g/mol. The zero-order valence-electron chi connectivity index (χ0n) is 16.3. The van der Waals surface area contributed by atoms with Gasteiger partial charge in [0.15, 0.2) is 5.69 Å². The number of aromatic hydroxyl groups is 1. The molecule has 0 radical (unpaired) electrons. The molecule has 0 bridgehead atoms. The molecule has 1 heterocycles. The highest BCUT2D eigenvalue weighted by molar-refractivity contribution is 9.10. The molecule has 1 aromatic heterocycles. The Morgan fingerprint density at radius 1 is 1.03 bits per heavy atom. The average molecular weight is 502 g/mol. The normalized spacial score (nSPS) is 12.1. The van der Waals surface area contributed by atoms with Crippen LogP contribution in [0, 0.1) is 12.7 Å². The van der Waals surface area contributed by atoms with Gasteiger partial charge in [-0.05, 0) is 55.0 Å². The van der Waals surface area contributed by atoms with Crippen molar-refractivity contribution in [3.05, 3.63) is 88.1 Å². The summed E-state index contributed by atoms with van der Waals surface area (Å²) in [7, 11) is -4.04. The molecule has 6 nitrogen and oxygen atoms in total. The minimum Gasteiger partial charge on any atom is -0.493 e. The molecule has 4 aromatic rings. The number of benzene rings is 3. The van der Waals surface area contributed by atoms with Crippen LogP contribution in [0.1, 0.15) is 11.1 Å². The lowest BCUT2D eigenvalue weighted by Crippen LogP contribution is -1.98. The van der Waals surface area contributed by atoms with Crippen LogP contribution in [-0.4, -0.2) is 18.1 Å². The van der Waals surface area contributed by atoms with E-state index in [-0.39, 0.29) is 28.8 Å². The zero-order chi connectivity index (χ0) is 22.2. The van der Waals surface area contributed by atoms with E-state index in [4.69, 9.17) is 0 Å². The average Bonchev–Trinajstić information content (AvgIpc) is 2.99. The fraction of sp³-hybridized carbons (Fsp3) is 0.0909. The van der Waals surface area contributed by atoms with Crippen molar-refractivity contribution in [1.82, 2.24) is 4.57 Å². The van der Waals surface area contributed by atoms with E-state index < -0.39 is 10.0 Å². The summed E-state index contributed by atoms with van der Waals surface area (Å²) in [5.41, 5.74) is 2.34. The van der Waals surface area contributed by atoms with Crippen molar-refractivity contribution in [1.29, 1.82) is 0 Å². The van der Waals surface area contributed by atoms with E-state index in [1.165, 1.54) is 24.3 Å². The minimum absolute atomic E-state index is 0.0116. The number of sulfonamides is 1. The van der Waals surface area contributed by atoms with Gasteiger partial charge >= 0.3 is 0 Å². The number of aryl methyl sites for hydroxylation is 1. The van der Waals surface area contributed by atoms with E-state index in [1.54, 1.807) is 47.0 Å². The largest absolute Gasteiger partial charge is 0.493 e. The van der Waals surface area contributed by atoms with Gasteiger partial charge in [-0.3, -0.25) is 0 Å². The van der Waals surface area contributed by atoms with Crippen LogP contribution in [0.25, 0.3) is 10.9 Å². The number of halogens is 2. The van der Waals surface area contributed by atoms with Crippen molar-refractivity contribution in [2.75, 3.05) is 0 Å². The molecule has 4 rings (SSSR count). The molecule has 31 heavy (non-hydrogen) atoms. The SMILES string of the molecule is Cc1ccc(S(=O)(=O)N=Nc2c(O)n(Cc3ccc(F)cc3)c3ccc(Br)cc23)cc1. The number of fused-ring (bicyclic) bond motifs is 1. The molecule has 3 aromatic carbocycles. The number of hydrogen-bond acceptors (Lipinski definition) is 4. The van der Waals surface area contributed by atoms with Crippen molar-refractivity contribution in [2.45, 2.75) is 18.4 Å². The van der Waals surface area contributed by atoms with Gasteiger partial charge in [0.25, 0.3) is 10.0 Å². The molecule has 0 saturated carbocycles. The molecule has 0 amide bonds.